The van der Waals surface area contributed by atoms with Gasteiger partial charge in [-0.05, 0) is 5.56 Å². The van der Waals surface area contributed by atoms with Crippen molar-refractivity contribution in [3.63, 3.8) is 0 Å². The van der Waals surface area contributed by atoms with Gasteiger partial charge < -0.3 is 16.2 Å². The van der Waals surface area contributed by atoms with Crippen LogP contribution < -0.4 is 11.5 Å². The van der Waals surface area contributed by atoms with Gasteiger partial charge in [0.1, 0.15) is 6.04 Å². The molecule has 0 bridgehead atoms. The maximum absolute atomic E-state index is 11.3. The Bertz CT molecular complexity index is 396. The third-order valence-corrected chi connectivity index (χ3v) is 3.23. The highest BCUT2D eigenvalue weighted by Gasteiger charge is 2.28. The molecule has 5 heteroatoms. The quantitative estimate of drug-likeness (QED) is 0.779. The SMILES string of the molecule is NC(=O)C1COCCN1CC(N)c1ccccc1. The summed E-state index contributed by atoms with van der Waals surface area (Å²) in [6.45, 7) is 2.28. The second kappa shape index (κ2) is 5.95. The number of carbonyl (C=O) groups excluding carboxylic acids is 1. The average Bonchev–Trinajstić information content (AvgIpc) is 2.40. The molecule has 1 heterocycles. The lowest BCUT2D eigenvalue weighted by molar-refractivity contribution is -0.129. The number of hydrogen-bond acceptors (Lipinski definition) is 4. The van der Waals surface area contributed by atoms with Crippen LogP contribution in [0.15, 0.2) is 30.3 Å². The van der Waals surface area contributed by atoms with Crippen molar-refractivity contribution in [3.05, 3.63) is 35.9 Å². The summed E-state index contributed by atoms with van der Waals surface area (Å²) in [4.78, 5) is 13.3. The first-order chi connectivity index (χ1) is 8.68. The molecule has 1 amide bonds. The fraction of sp³-hybridized carbons (Fsp3) is 0.462. The Balaban J connectivity index is 2.01. The average molecular weight is 249 g/mol. The summed E-state index contributed by atoms with van der Waals surface area (Å²) in [6.07, 6.45) is 0. The Hall–Kier alpha value is -1.43. The van der Waals surface area contributed by atoms with Crippen LogP contribution in [0.1, 0.15) is 11.6 Å². The molecule has 2 unspecified atom stereocenters. The van der Waals surface area contributed by atoms with Gasteiger partial charge in [0.25, 0.3) is 0 Å². The van der Waals surface area contributed by atoms with Crippen molar-refractivity contribution < 1.29 is 9.53 Å². The maximum atomic E-state index is 11.3. The largest absolute Gasteiger partial charge is 0.378 e. The number of ether oxygens (including phenoxy) is 1. The van der Waals surface area contributed by atoms with Crippen molar-refractivity contribution in [1.82, 2.24) is 4.90 Å². The minimum absolute atomic E-state index is 0.119. The summed E-state index contributed by atoms with van der Waals surface area (Å²) >= 11 is 0. The molecule has 2 atom stereocenters. The van der Waals surface area contributed by atoms with Gasteiger partial charge in [-0.1, -0.05) is 30.3 Å². The number of benzene rings is 1. The van der Waals surface area contributed by atoms with E-state index in [-0.39, 0.29) is 18.0 Å². The fourth-order valence-corrected chi connectivity index (χ4v) is 2.18. The zero-order valence-corrected chi connectivity index (χ0v) is 10.3. The van der Waals surface area contributed by atoms with Crippen LogP contribution in [0.2, 0.25) is 0 Å². The van der Waals surface area contributed by atoms with Crippen LogP contribution in [-0.2, 0) is 9.53 Å². The van der Waals surface area contributed by atoms with Crippen LogP contribution in [0.5, 0.6) is 0 Å². The minimum Gasteiger partial charge on any atom is -0.378 e. The molecule has 0 aromatic heterocycles. The van der Waals surface area contributed by atoms with Gasteiger partial charge in [0.05, 0.1) is 13.2 Å². The fourth-order valence-electron chi connectivity index (χ4n) is 2.18. The molecule has 0 radical (unpaired) electrons. The Morgan fingerprint density at radius 2 is 2.17 bits per heavy atom. The molecule has 0 saturated carbocycles. The van der Waals surface area contributed by atoms with Crippen molar-refractivity contribution in [2.45, 2.75) is 12.1 Å². The Kier molecular flexibility index (Phi) is 4.30. The topological polar surface area (TPSA) is 81.6 Å². The third-order valence-electron chi connectivity index (χ3n) is 3.23. The Labute approximate surface area is 107 Å². The van der Waals surface area contributed by atoms with E-state index in [1.54, 1.807) is 0 Å². The maximum Gasteiger partial charge on any atom is 0.237 e. The van der Waals surface area contributed by atoms with E-state index < -0.39 is 0 Å². The monoisotopic (exact) mass is 249 g/mol. The Morgan fingerprint density at radius 1 is 1.44 bits per heavy atom. The van der Waals surface area contributed by atoms with E-state index in [1.807, 2.05) is 35.2 Å². The molecule has 98 valence electrons. The number of amides is 1. The van der Waals surface area contributed by atoms with Gasteiger partial charge in [-0.25, -0.2) is 0 Å². The predicted octanol–water partition coefficient (Wildman–Crippen LogP) is -0.127. The van der Waals surface area contributed by atoms with Gasteiger partial charge >= 0.3 is 0 Å². The van der Waals surface area contributed by atoms with Crippen molar-refractivity contribution in [1.29, 1.82) is 0 Å². The lowest BCUT2D eigenvalue weighted by atomic mass is 10.1. The molecule has 1 saturated heterocycles. The normalized spacial score (nSPS) is 22.6. The third kappa shape index (κ3) is 3.07. The van der Waals surface area contributed by atoms with Gasteiger partial charge in [-0.2, -0.15) is 0 Å². The first-order valence-corrected chi connectivity index (χ1v) is 6.10. The van der Waals surface area contributed by atoms with Crippen LogP contribution in [0.3, 0.4) is 0 Å². The second-order valence-electron chi connectivity index (χ2n) is 4.51. The van der Waals surface area contributed by atoms with E-state index in [0.717, 1.165) is 5.56 Å². The zero-order valence-electron chi connectivity index (χ0n) is 10.3. The molecule has 1 fully saturated rings. The smallest absolute Gasteiger partial charge is 0.237 e. The molecular formula is C13H19N3O2. The molecule has 2 rings (SSSR count). The van der Waals surface area contributed by atoms with Gasteiger partial charge in [-0.15, -0.1) is 0 Å². The van der Waals surface area contributed by atoms with E-state index in [2.05, 4.69) is 0 Å². The van der Waals surface area contributed by atoms with E-state index in [0.29, 0.717) is 26.3 Å². The molecule has 4 N–H and O–H groups in total. The van der Waals surface area contributed by atoms with Crippen molar-refractivity contribution in [2.24, 2.45) is 11.5 Å². The van der Waals surface area contributed by atoms with Gasteiger partial charge in [0.2, 0.25) is 5.91 Å². The highest BCUT2D eigenvalue weighted by molar-refractivity contribution is 5.80. The van der Waals surface area contributed by atoms with Crippen molar-refractivity contribution in [3.8, 4) is 0 Å². The number of nitrogens with zero attached hydrogens (tertiary/aromatic N) is 1. The standard InChI is InChI=1S/C13H19N3O2/c14-11(10-4-2-1-3-5-10)8-16-6-7-18-9-12(16)13(15)17/h1-5,11-12H,6-9,14H2,(H2,15,17). The lowest BCUT2D eigenvalue weighted by Gasteiger charge is -2.35. The van der Waals surface area contributed by atoms with E-state index in [9.17, 15) is 4.79 Å². The van der Waals surface area contributed by atoms with Crippen molar-refractivity contribution in [2.75, 3.05) is 26.3 Å². The van der Waals surface area contributed by atoms with Crippen LogP contribution in [0.25, 0.3) is 0 Å². The number of hydrogen-bond donors (Lipinski definition) is 2. The molecule has 1 aliphatic heterocycles. The number of carbonyl (C=O) groups is 1. The first kappa shape index (κ1) is 13.0. The number of morpholine rings is 1. The number of primary amides is 1. The van der Waals surface area contributed by atoms with E-state index in [4.69, 9.17) is 16.2 Å². The summed E-state index contributed by atoms with van der Waals surface area (Å²) in [5, 5.41) is 0. The minimum atomic E-state index is -0.367. The van der Waals surface area contributed by atoms with E-state index >= 15 is 0 Å². The summed E-state index contributed by atoms with van der Waals surface area (Å²) in [5.74, 6) is -0.352. The molecule has 0 aliphatic carbocycles. The summed E-state index contributed by atoms with van der Waals surface area (Å²) in [7, 11) is 0. The van der Waals surface area contributed by atoms with Gasteiger partial charge in [0, 0.05) is 19.1 Å². The van der Waals surface area contributed by atoms with E-state index in [1.165, 1.54) is 0 Å². The van der Waals surface area contributed by atoms with Crippen LogP contribution in [0.4, 0.5) is 0 Å². The molecule has 5 nitrogen and oxygen atoms in total. The van der Waals surface area contributed by atoms with Gasteiger partial charge in [0.15, 0.2) is 0 Å². The molecule has 18 heavy (non-hydrogen) atoms. The first-order valence-electron chi connectivity index (χ1n) is 6.10. The molecular weight excluding hydrogens is 230 g/mol. The molecule has 1 aromatic rings. The summed E-state index contributed by atoms with van der Waals surface area (Å²) in [6, 6.07) is 9.37. The second-order valence-corrected chi connectivity index (χ2v) is 4.51. The van der Waals surface area contributed by atoms with Gasteiger partial charge in [-0.3, -0.25) is 9.69 Å². The van der Waals surface area contributed by atoms with Crippen LogP contribution in [0, 0.1) is 0 Å². The number of nitrogens with two attached hydrogens (primary N) is 2. The highest BCUT2D eigenvalue weighted by atomic mass is 16.5. The zero-order chi connectivity index (χ0) is 13.0. The summed E-state index contributed by atoms with van der Waals surface area (Å²) < 4.78 is 5.28. The van der Waals surface area contributed by atoms with Crippen molar-refractivity contribution >= 4 is 5.91 Å². The summed E-state index contributed by atoms with van der Waals surface area (Å²) in [5.41, 5.74) is 12.6. The molecule has 0 spiro atoms. The Morgan fingerprint density at radius 3 is 2.83 bits per heavy atom. The van der Waals surface area contributed by atoms with Crippen LogP contribution >= 0.6 is 0 Å². The predicted molar refractivity (Wildman–Crippen MR) is 68.7 cm³/mol. The van der Waals surface area contributed by atoms with Crippen LogP contribution in [-0.4, -0.2) is 43.2 Å². The molecule has 1 aromatic carbocycles. The number of rotatable bonds is 4. The molecule has 1 aliphatic rings. The lowest BCUT2D eigenvalue weighted by Crippen LogP contribution is -2.54. The highest BCUT2D eigenvalue weighted by Crippen LogP contribution is 2.15.